The zero-order valence-corrected chi connectivity index (χ0v) is 18.8. The summed E-state index contributed by atoms with van der Waals surface area (Å²) in [5.74, 6) is -0.371. The van der Waals surface area contributed by atoms with Gasteiger partial charge in [0.15, 0.2) is 0 Å². The van der Waals surface area contributed by atoms with Crippen LogP contribution in [-0.2, 0) is 19.6 Å². The van der Waals surface area contributed by atoms with Gasteiger partial charge in [-0.15, -0.1) is 11.8 Å². The number of aryl methyl sites for hydroxylation is 1. The number of rotatable bonds is 7. The molecule has 30 heavy (non-hydrogen) atoms. The lowest BCUT2D eigenvalue weighted by Gasteiger charge is -2.29. The standard InChI is InChI=1S/C21H25N3O4S2/c1-4-23(5-2)30(27,28)16-10-11-19-18(12-16)24(21(26)14-29-19)13-20(25)22-17-9-7-6-8-15(17)3/h6-12H,4-5,13-14H2,1-3H3,(H,22,25). The van der Waals surface area contributed by atoms with Gasteiger partial charge >= 0.3 is 0 Å². The second kappa shape index (κ2) is 9.20. The van der Waals surface area contributed by atoms with Crippen molar-refractivity contribution in [2.24, 2.45) is 0 Å². The van der Waals surface area contributed by atoms with Crippen molar-refractivity contribution in [2.45, 2.75) is 30.6 Å². The number of nitrogens with one attached hydrogen (secondary N) is 1. The SMILES string of the molecule is CCN(CC)S(=O)(=O)c1ccc2c(c1)N(CC(=O)Nc1ccccc1C)C(=O)CS2. The highest BCUT2D eigenvalue weighted by molar-refractivity contribution is 8.00. The van der Waals surface area contributed by atoms with Gasteiger partial charge in [-0.2, -0.15) is 4.31 Å². The zero-order valence-electron chi connectivity index (χ0n) is 17.2. The van der Waals surface area contributed by atoms with Crippen LogP contribution in [0.1, 0.15) is 19.4 Å². The first-order valence-corrected chi connectivity index (χ1v) is 12.1. The first-order chi connectivity index (χ1) is 14.3. The van der Waals surface area contributed by atoms with E-state index in [1.807, 2.05) is 25.1 Å². The number of carbonyl (C=O) groups is 2. The summed E-state index contributed by atoms with van der Waals surface area (Å²) in [6, 6.07) is 12.1. The molecule has 0 bridgehead atoms. The molecule has 2 amide bonds. The van der Waals surface area contributed by atoms with E-state index >= 15 is 0 Å². The van der Waals surface area contributed by atoms with Crippen molar-refractivity contribution >= 4 is 45.0 Å². The van der Waals surface area contributed by atoms with Crippen molar-refractivity contribution < 1.29 is 18.0 Å². The van der Waals surface area contributed by atoms with Crippen LogP contribution in [0.25, 0.3) is 0 Å². The van der Waals surface area contributed by atoms with Gasteiger partial charge < -0.3 is 10.2 Å². The molecule has 0 radical (unpaired) electrons. The van der Waals surface area contributed by atoms with Gasteiger partial charge in [-0.1, -0.05) is 32.0 Å². The van der Waals surface area contributed by atoms with Gasteiger partial charge in [0.2, 0.25) is 21.8 Å². The highest BCUT2D eigenvalue weighted by Gasteiger charge is 2.30. The lowest BCUT2D eigenvalue weighted by Crippen LogP contribution is -2.41. The summed E-state index contributed by atoms with van der Waals surface area (Å²) in [6.45, 7) is 5.97. The van der Waals surface area contributed by atoms with Crippen LogP contribution in [0.2, 0.25) is 0 Å². The Bertz CT molecular complexity index is 1070. The number of amides is 2. The number of benzene rings is 2. The molecule has 0 aliphatic carbocycles. The molecule has 2 aromatic rings. The van der Waals surface area contributed by atoms with E-state index in [2.05, 4.69) is 5.32 Å². The smallest absolute Gasteiger partial charge is 0.244 e. The van der Waals surface area contributed by atoms with Gasteiger partial charge in [0, 0.05) is 23.7 Å². The van der Waals surface area contributed by atoms with Crippen molar-refractivity contribution in [1.29, 1.82) is 0 Å². The first kappa shape index (κ1) is 22.3. The minimum absolute atomic E-state index is 0.115. The van der Waals surface area contributed by atoms with Gasteiger partial charge in [0.25, 0.3) is 0 Å². The summed E-state index contributed by atoms with van der Waals surface area (Å²) in [4.78, 5) is 27.5. The van der Waals surface area contributed by atoms with Crippen LogP contribution in [0.4, 0.5) is 11.4 Å². The number of thioether (sulfide) groups is 1. The van der Waals surface area contributed by atoms with Gasteiger partial charge in [0.05, 0.1) is 16.3 Å². The van der Waals surface area contributed by atoms with Crippen molar-refractivity contribution in [1.82, 2.24) is 4.31 Å². The molecule has 9 heteroatoms. The Morgan fingerprint density at radius 2 is 1.87 bits per heavy atom. The normalized spacial score (nSPS) is 14.0. The van der Waals surface area contributed by atoms with Gasteiger partial charge in [-0.3, -0.25) is 9.59 Å². The quantitative estimate of drug-likeness (QED) is 0.705. The lowest BCUT2D eigenvalue weighted by molar-refractivity contribution is -0.120. The molecule has 0 saturated heterocycles. The van der Waals surface area contributed by atoms with Crippen molar-refractivity contribution in [3.63, 3.8) is 0 Å². The fraction of sp³-hybridized carbons (Fsp3) is 0.333. The van der Waals surface area contributed by atoms with E-state index in [1.165, 1.54) is 27.0 Å². The molecular formula is C21H25N3O4S2. The van der Waals surface area contributed by atoms with E-state index < -0.39 is 10.0 Å². The number of fused-ring (bicyclic) bond motifs is 1. The number of nitrogens with zero attached hydrogens (tertiary/aromatic N) is 2. The number of para-hydroxylation sites is 1. The maximum absolute atomic E-state index is 12.9. The number of carbonyl (C=O) groups excluding carboxylic acids is 2. The molecule has 0 unspecified atom stereocenters. The molecule has 3 rings (SSSR count). The average molecular weight is 448 g/mol. The van der Waals surface area contributed by atoms with Crippen LogP contribution in [-0.4, -0.2) is 49.9 Å². The maximum atomic E-state index is 12.9. The fourth-order valence-corrected chi connectivity index (χ4v) is 5.67. The molecule has 160 valence electrons. The third-order valence-electron chi connectivity index (χ3n) is 4.94. The summed E-state index contributed by atoms with van der Waals surface area (Å²) in [6.07, 6.45) is 0. The Balaban J connectivity index is 1.90. The summed E-state index contributed by atoms with van der Waals surface area (Å²) < 4.78 is 27.2. The Labute approximate surface area is 181 Å². The molecule has 0 aromatic heterocycles. The summed E-state index contributed by atoms with van der Waals surface area (Å²) in [7, 11) is -3.67. The molecule has 0 fully saturated rings. The van der Waals surface area contributed by atoms with Crippen LogP contribution >= 0.6 is 11.8 Å². The summed E-state index contributed by atoms with van der Waals surface area (Å²) in [5, 5.41) is 2.82. The van der Waals surface area contributed by atoms with E-state index in [1.54, 1.807) is 32.0 Å². The van der Waals surface area contributed by atoms with E-state index in [-0.39, 0.29) is 29.0 Å². The van der Waals surface area contributed by atoms with E-state index in [4.69, 9.17) is 0 Å². The second-order valence-corrected chi connectivity index (χ2v) is 9.81. The first-order valence-electron chi connectivity index (χ1n) is 9.70. The van der Waals surface area contributed by atoms with Crippen molar-refractivity contribution in [2.75, 3.05) is 35.6 Å². The Morgan fingerprint density at radius 1 is 1.17 bits per heavy atom. The maximum Gasteiger partial charge on any atom is 0.244 e. The van der Waals surface area contributed by atoms with Crippen molar-refractivity contribution in [3.8, 4) is 0 Å². The molecule has 2 aromatic carbocycles. The minimum atomic E-state index is -3.67. The van der Waals surface area contributed by atoms with Gasteiger partial charge in [0.1, 0.15) is 6.54 Å². The molecular weight excluding hydrogens is 422 g/mol. The van der Waals surface area contributed by atoms with Crippen LogP contribution in [0.5, 0.6) is 0 Å². The number of hydrogen-bond donors (Lipinski definition) is 1. The number of anilines is 2. The molecule has 1 aliphatic heterocycles. The Kier molecular flexibility index (Phi) is 6.84. The third-order valence-corrected chi connectivity index (χ3v) is 8.03. The molecule has 7 nitrogen and oxygen atoms in total. The highest BCUT2D eigenvalue weighted by atomic mass is 32.2. The third kappa shape index (κ3) is 4.53. The topological polar surface area (TPSA) is 86.8 Å². The van der Waals surface area contributed by atoms with Crippen LogP contribution in [0.15, 0.2) is 52.3 Å². The monoisotopic (exact) mass is 447 g/mol. The molecule has 1 N–H and O–H groups in total. The number of hydrogen-bond acceptors (Lipinski definition) is 5. The molecule has 1 aliphatic rings. The van der Waals surface area contributed by atoms with Gasteiger partial charge in [-0.05, 0) is 36.8 Å². The zero-order chi connectivity index (χ0) is 21.9. The van der Waals surface area contributed by atoms with Crippen LogP contribution < -0.4 is 10.2 Å². The number of sulfonamides is 1. The predicted octanol–water partition coefficient (Wildman–Crippen LogP) is 3.10. The minimum Gasteiger partial charge on any atom is -0.324 e. The molecule has 0 spiro atoms. The second-order valence-electron chi connectivity index (χ2n) is 6.85. The van der Waals surface area contributed by atoms with E-state index in [0.29, 0.717) is 24.5 Å². The average Bonchev–Trinajstić information content (AvgIpc) is 2.72. The summed E-state index contributed by atoms with van der Waals surface area (Å²) >= 11 is 1.34. The van der Waals surface area contributed by atoms with Gasteiger partial charge in [-0.25, -0.2) is 8.42 Å². The van der Waals surface area contributed by atoms with Crippen LogP contribution in [0, 0.1) is 6.92 Å². The van der Waals surface area contributed by atoms with E-state index in [9.17, 15) is 18.0 Å². The van der Waals surface area contributed by atoms with E-state index in [0.717, 1.165) is 10.5 Å². The van der Waals surface area contributed by atoms with Crippen LogP contribution in [0.3, 0.4) is 0 Å². The van der Waals surface area contributed by atoms with Crippen molar-refractivity contribution in [3.05, 3.63) is 48.0 Å². The summed E-state index contributed by atoms with van der Waals surface area (Å²) in [5.41, 5.74) is 2.04. The lowest BCUT2D eigenvalue weighted by atomic mass is 10.2. The Hall–Kier alpha value is -2.36. The molecule has 0 atom stereocenters. The molecule has 0 saturated carbocycles. The Morgan fingerprint density at radius 3 is 2.53 bits per heavy atom. The largest absolute Gasteiger partial charge is 0.324 e. The predicted molar refractivity (Wildman–Crippen MR) is 119 cm³/mol. The highest BCUT2D eigenvalue weighted by Crippen LogP contribution is 2.37. The molecule has 1 heterocycles. The fourth-order valence-electron chi connectivity index (χ4n) is 3.27.